The van der Waals surface area contributed by atoms with Crippen LogP contribution in [-0.4, -0.2) is 33.9 Å². The number of aromatic nitrogens is 3. The molecule has 3 heterocycles. The number of nitrogens with zero attached hydrogens (tertiary/aromatic N) is 4. The van der Waals surface area contributed by atoms with Crippen molar-refractivity contribution in [2.75, 3.05) is 23.3 Å². The average Bonchev–Trinajstić information content (AvgIpc) is 2.70. The van der Waals surface area contributed by atoms with Crippen molar-refractivity contribution in [3.8, 4) is 0 Å². The van der Waals surface area contributed by atoms with Crippen molar-refractivity contribution in [2.45, 2.75) is 19.8 Å². The standard InChI is InChI=1S/C20H20FN5O/c1-13-9-15(21)4-5-17(13)25-20(27)14-3-2-8-26(12-14)16-10-18-19(24-11-16)23-7-6-22-18/h4-7,9-11,14H,2-3,8,12H2,1H3,(H,25,27)/t14-/m1/s1. The molecule has 0 aliphatic carbocycles. The molecule has 1 amide bonds. The number of pyridine rings is 1. The summed E-state index contributed by atoms with van der Waals surface area (Å²) >= 11 is 0. The fraction of sp³-hybridized carbons (Fsp3) is 0.300. The van der Waals surface area contributed by atoms with Gasteiger partial charge in [0, 0.05) is 31.2 Å². The van der Waals surface area contributed by atoms with Crippen molar-refractivity contribution in [2.24, 2.45) is 5.92 Å². The van der Waals surface area contributed by atoms with Crippen molar-refractivity contribution < 1.29 is 9.18 Å². The molecule has 0 unspecified atom stereocenters. The number of halogens is 1. The van der Waals surface area contributed by atoms with Crippen LogP contribution in [0.4, 0.5) is 15.8 Å². The lowest BCUT2D eigenvalue weighted by molar-refractivity contribution is -0.120. The molecule has 2 aromatic heterocycles. The van der Waals surface area contributed by atoms with E-state index in [4.69, 9.17) is 0 Å². The fourth-order valence-electron chi connectivity index (χ4n) is 3.45. The second-order valence-corrected chi connectivity index (χ2v) is 6.83. The highest BCUT2D eigenvalue weighted by atomic mass is 19.1. The maximum absolute atomic E-state index is 13.3. The fourth-order valence-corrected chi connectivity index (χ4v) is 3.45. The molecule has 4 rings (SSSR count). The van der Waals surface area contributed by atoms with Crippen LogP contribution in [0.15, 0.2) is 42.9 Å². The van der Waals surface area contributed by atoms with Gasteiger partial charge < -0.3 is 10.2 Å². The van der Waals surface area contributed by atoms with E-state index in [9.17, 15) is 9.18 Å². The zero-order valence-corrected chi connectivity index (χ0v) is 15.0. The monoisotopic (exact) mass is 365 g/mol. The first kappa shape index (κ1) is 17.3. The van der Waals surface area contributed by atoms with Gasteiger partial charge in [0.1, 0.15) is 11.3 Å². The minimum atomic E-state index is -0.304. The molecule has 0 radical (unpaired) electrons. The summed E-state index contributed by atoms with van der Waals surface area (Å²) in [4.78, 5) is 27.7. The van der Waals surface area contributed by atoms with Crippen LogP contribution < -0.4 is 10.2 Å². The molecule has 27 heavy (non-hydrogen) atoms. The van der Waals surface area contributed by atoms with Gasteiger partial charge in [0.15, 0.2) is 5.65 Å². The van der Waals surface area contributed by atoms with E-state index in [1.807, 2.05) is 6.07 Å². The molecule has 0 saturated carbocycles. The molecule has 7 heteroatoms. The molecule has 6 nitrogen and oxygen atoms in total. The number of amides is 1. The summed E-state index contributed by atoms with van der Waals surface area (Å²) in [5.41, 5.74) is 3.66. The van der Waals surface area contributed by atoms with E-state index in [1.54, 1.807) is 31.6 Å². The molecule has 1 aromatic carbocycles. The highest BCUT2D eigenvalue weighted by Gasteiger charge is 2.26. The second kappa shape index (κ2) is 7.26. The minimum absolute atomic E-state index is 0.0389. The van der Waals surface area contributed by atoms with Crippen LogP contribution in [0.3, 0.4) is 0 Å². The van der Waals surface area contributed by atoms with Gasteiger partial charge in [0.25, 0.3) is 0 Å². The molecule has 1 atom stereocenters. The summed E-state index contributed by atoms with van der Waals surface area (Å²) in [6.45, 7) is 3.26. The van der Waals surface area contributed by atoms with Crippen LogP contribution in [0.5, 0.6) is 0 Å². The van der Waals surface area contributed by atoms with Crippen molar-refractivity contribution in [3.05, 3.63) is 54.2 Å². The van der Waals surface area contributed by atoms with Crippen LogP contribution in [-0.2, 0) is 4.79 Å². The maximum atomic E-state index is 13.3. The zero-order chi connectivity index (χ0) is 18.8. The molecule has 3 aromatic rings. The summed E-state index contributed by atoms with van der Waals surface area (Å²) < 4.78 is 13.3. The molecule has 1 fully saturated rings. The number of carbonyl (C=O) groups is 1. The van der Waals surface area contributed by atoms with E-state index >= 15 is 0 Å². The summed E-state index contributed by atoms with van der Waals surface area (Å²) in [5.74, 6) is -0.482. The average molecular weight is 365 g/mol. The van der Waals surface area contributed by atoms with Crippen molar-refractivity contribution in [3.63, 3.8) is 0 Å². The SMILES string of the molecule is Cc1cc(F)ccc1NC(=O)[C@@H]1CCCN(c2cnc3nccnc3c2)C1. The number of hydrogen-bond acceptors (Lipinski definition) is 5. The number of rotatable bonds is 3. The third-order valence-corrected chi connectivity index (χ3v) is 4.91. The number of piperidine rings is 1. The first-order chi connectivity index (χ1) is 13.1. The summed E-state index contributed by atoms with van der Waals surface area (Å²) in [6, 6.07) is 6.34. The van der Waals surface area contributed by atoms with Crippen LogP contribution >= 0.6 is 0 Å². The predicted octanol–water partition coefficient (Wildman–Crippen LogP) is 3.33. The first-order valence-corrected chi connectivity index (χ1v) is 8.99. The third-order valence-electron chi connectivity index (χ3n) is 4.91. The lowest BCUT2D eigenvalue weighted by Crippen LogP contribution is -2.40. The predicted molar refractivity (Wildman–Crippen MR) is 102 cm³/mol. The lowest BCUT2D eigenvalue weighted by Gasteiger charge is -2.33. The van der Waals surface area contributed by atoms with Crippen LogP contribution in [0.1, 0.15) is 18.4 Å². The Balaban J connectivity index is 1.49. The molecular formula is C20H20FN5O. The van der Waals surface area contributed by atoms with E-state index in [1.165, 1.54) is 12.1 Å². The highest BCUT2D eigenvalue weighted by molar-refractivity contribution is 5.93. The molecule has 138 valence electrons. The molecular weight excluding hydrogens is 345 g/mol. The Hall–Kier alpha value is -3.09. The number of anilines is 2. The van der Waals surface area contributed by atoms with Crippen LogP contribution in [0.2, 0.25) is 0 Å². The van der Waals surface area contributed by atoms with E-state index in [-0.39, 0.29) is 17.6 Å². The summed E-state index contributed by atoms with van der Waals surface area (Å²) in [6.07, 6.45) is 6.78. The Labute approximate surface area is 156 Å². The number of aryl methyl sites for hydroxylation is 1. The molecule has 1 aliphatic rings. The Bertz CT molecular complexity index is 993. The van der Waals surface area contributed by atoms with Crippen molar-refractivity contribution >= 4 is 28.4 Å². The number of fused-ring (bicyclic) bond motifs is 1. The summed E-state index contributed by atoms with van der Waals surface area (Å²) in [5, 5.41) is 2.94. The van der Waals surface area contributed by atoms with Gasteiger partial charge >= 0.3 is 0 Å². The lowest BCUT2D eigenvalue weighted by atomic mass is 9.96. The van der Waals surface area contributed by atoms with Gasteiger partial charge in [-0.05, 0) is 49.6 Å². The molecule has 0 bridgehead atoms. The summed E-state index contributed by atoms with van der Waals surface area (Å²) in [7, 11) is 0. The van der Waals surface area contributed by atoms with Gasteiger partial charge in [-0.1, -0.05) is 0 Å². The zero-order valence-electron chi connectivity index (χ0n) is 15.0. The number of hydrogen-bond donors (Lipinski definition) is 1. The van der Waals surface area contributed by atoms with E-state index in [0.29, 0.717) is 23.4 Å². The second-order valence-electron chi connectivity index (χ2n) is 6.83. The van der Waals surface area contributed by atoms with E-state index in [0.717, 1.165) is 30.6 Å². The Morgan fingerprint density at radius 1 is 1.22 bits per heavy atom. The van der Waals surface area contributed by atoms with E-state index in [2.05, 4.69) is 25.2 Å². The number of benzene rings is 1. The smallest absolute Gasteiger partial charge is 0.229 e. The minimum Gasteiger partial charge on any atom is -0.369 e. The largest absolute Gasteiger partial charge is 0.369 e. The topological polar surface area (TPSA) is 71.0 Å². The van der Waals surface area contributed by atoms with Gasteiger partial charge in [0.2, 0.25) is 5.91 Å². The Morgan fingerprint density at radius 3 is 2.93 bits per heavy atom. The van der Waals surface area contributed by atoms with Crippen LogP contribution in [0.25, 0.3) is 11.2 Å². The molecule has 1 aliphatic heterocycles. The molecule has 1 N–H and O–H groups in total. The van der Waals surface area contributed by atoms with Crippen LogP contribution in [0, 0.1) is 18.7 Å². The van der Waals surface area contributed by atoms with Gasteiger partial charge in [0.05, 0.1) is 17.8 Å². The Kier molecular flexibility index (Phi) is 4.66. The van der Waals surface area contributed by atoms with Gasteiger partial charge in [-0.3, -0.25) is 9.78 Å². The maximum Gasteiger partial charge on any atom is 0.229 e. The number of carbonyl (C=O) groups excluding carboxylic acids is 1. The number of nitrogens with one attached hydrogen (secondary N) is 1. The molecule has 1 saturated heterocycles. The third kappa shape index (κ3) is 3.72. The first-order valence-electron chi connectivity index (χ1n) is 8.99. The Morgan fingerprint density at radius 2 is 2.07 bits per heavy atom. The van der Waals surface area contributed by atoms with Gasteiger partial charge in [-0.15, -0.1) is 0 Å². The quantitative estimate of drug-likeness (QED) is 0.771. The van der Waals surface area contributed by atoms with E-state index < -0.39 is 0 Å². The normalized spacial score (nSPS) is 17.1. The van der Waals surface area contributed by atoms with Gasteiger partial charge in [-0.2, -0.15) is 0 Å². The highest BCUT2D eigenvalue weighted by Crippen LogP contribution is 2.26. The van der Waals surface area contributed by atoms with Crippen molar-refractivity contribution in [1.82, 2.24) is 15.0 Å². The van der Waals surface area contributed by atoms with Gasteiger partial charge in [-0.25, -0.2) is 14.4 Å². The van der Waals surface area contributed by atoms with Crippen molar-refractivity contribution in [1.29, 1.82) is 0 Å². The molecule has 0 spiro atoms.